The molecule has 1 heterocycles. The predicted molar refractivity (Wildman–Crippen MR) is 68.5 cm³/mol. The Kier molecular flexibility index (Phi) is 3.02. The van der Waals surface area contributed by atoms with Crippen LogP contribution in [0.2, 0.25) is 0 Å². The van der Waals surface area contributed by atoms with Gasteiger partial charge in [-0.25, -0.2) is 9.87 Å². The lowest BCUT2D eigenvalue weighted by Gasteiger charge is -1.99. The summed E-state index contributed by atoms with van der Waals surface area (Å²) in [7, 11) is 1.80. The fraction of sp³-hybridized carbons (Fsp3) is 0.286. The number of aromatic nitrogens is 2. The van der Waals surface area contributed by atoms with E-state index in [0.717, 1.165) is 11.1 Å². The Morgan fingerprint density at radius 3 is 2.75 bits per heavy atom. The number of benzene rings is 1. The summed E-state index contributed by atoms with van der Waals surface area (Å²) in [6.45, 7) is 0. The van der Waals surface area contributed by atoms with E-state index in [1.54, 1.807) is 35.5 Å². The average molecular weight is 275 g/mol. The first-order valence-corrected chi connectivity index (χ1v) is 6.30. The summed E-state index contributed by atoms with van der Waals surface area (Å²) in [4.78, 5) is 11.8. The number of nitrogens with one attached hydrogen (secondary N) is 1. The van der Waals surface area contributed by atoms with Gasteiger partial charge in [0.1, 0.15) is 5.82 Å². The van der Waals surface area contributed by atoms with E-state index in [0.29, 0.717) is 0 Å². The fourth-order valence-corrected chi connectivity index (χ4v) is 2.87. The van der Waals surface area contributed by atoms with E-state index in [2.05, 4.69) is 5.10 Å². The van der Waals surface area contributed by atoms with Crippen LogP contribution in [0.4, 0.5) is 4.39 Å². The van der Waals surface area contributed by atoms with Gasteiger partial charge in [-0.15, -0.1) is 0 Å². The third-order valence-corrected chi connectivity index (χ3v) is 3.78. The van der Waals surface area contributed by atoms with Crippen molar-refractivity contribution < 1.29 is 14.4 Å². The number of aryl methyl sites for hydroxylation is 1. The molecule has 0 saturated heterocycles. The van der Waals surface area contributed by atoms with Crippen molar-refractivity contribution in [3.05, 3.63) is 53.6 Å². The van der Waals surface area contributed by atoms with Crippen molar-refractivity contribution in [1.29, 1.82) is 0 Å². The number of halogens is 1. The minimum Gasteiger partial charge on any atom is -0.289 e. The molecular weight excluding hydrogens is 261 g/mol. The number of rotatable bonds is 3. The molecule has 0 aliphatic heterocycles. The number of carbonyl (C=O) groups excluding carboxylic acids is 1. The molecule has 104 valence electrons. The van der Waals surface area contributed by atoms with Crippen LogP contribution in [0.3, 0.4) is 0 Å². The highest BCUT2D eigenvalue weighted by atomic mass is 19.1. The van der Waals surface area contributed by atoms with Crippen molar-refractivity contribution in [2.45, 2.75) is 11.8 Å². The molecule has 3 rings (SSSR count). The molecule has 5 nitrogen and oxygen atoms in total. The molecule has 3 atom stereocenters. The standard InChI is InChI=1S/C14H14FN3O2/c1-18-7-9(6-16-18)12-11(13(12)14(19)17-20)8-3-2-4-10(15)5-8/h2-7,11-13,20H,1H3,(H,17,19)/t11-,12-,13-/m1/s1. The molecule has 1 amide bonds. The molecule has 6 heteroatoms. The third-order valence-electron chi connectivity index (χ3n) is 3.78. The molecule has 1 aromatic heterocycles. The number of nitrogens with zero attached hydrogens (tertiary/aromatic N) is 2. The van der Waals surface area contributed by atoms with Gasteiger partial charge in [-0.05, 0) is 23.3 Å². The molecule has 2 N–H and O–H groups in total. The van der Waals surface area contributed by atoms with Crippen LogP contribution >= 0.6 is 0 Å². The van der Waals surface area contributed by atoms with E-state index < -0.39 is 11.8 Å². The highest BCUT2D eigenvalue weighted by Crippen LogP contribution is 2.60. The Hall–Kier alpha value is -2.21. The maximum atomic E-state index is 13.3. The molecule has 1 saturated carbocycles. The molecule has 20 heavy (non-hydrogen) atoms. The largest absolute Gasteiger partial charge is 0.289 e. The second-order valence-corrected chi connectivity index (χ2v) is 5.06. The average Bonchev–Trinajstić information content (AvgIpc) is 3.05. The number of amides is 1. The monoisotopic (exact) mass is 275 g/mol. The minimum absolute atomic E-state index is 0.0855. The molecule has 0 spiro atoms. The molecule has 1 aromatic carbocycles. The molecule has 2 aromatic rings. The van der Waals surface area contributed by atoms with Crippen LogP contribution in [-0.4, -0.2) is 20.9 Å². The molecule has 1 aliphatic rings. The third kappa shape index (κ3) is 2.08. The van der Waals surface area contributed by atoms with Crippen LogP contribution in [0.15, 0.2) is 36.7 Å². The smallest absolute Gasteiger partial charge is 0.247 e. The summed E-state index contributed by atoms with van der Waals surface area (Å²) >= 11 is 0. The van der Waals surface area contributed by atoms with Crippen LogP contribution in [0.5, 0.6) is 0 Å². The quantitative estimate of drug-likeness (QED) is 0.660. The maximum Gasteiger partial charge on any atom is 0.247 e. The molecule has 1 fully saturated rings. The van der Waals surface area contributed by atoms with E-state index in [9.17, 15) is 9.18 Å². The molecular formula is C14H14FN3O2. The van der Waals surface area contributed by atoms with Crippen LogP contribution < -0.4 is 5.48 Å². The van der Waals surface area contributed by atoms with E-state index in [1.165, 1.54) is 12.1 Å². The van der Waals surface area contributed by atoms with Crippen LogP contribution in [0, 0.1) is 11.7 Å². The fourth-order valence-electron chi connectivity index (χ4n) is 2.87. The van der Waals surface area contributed by atoms with Gasteiger partial charge in [-0.3, -0.25) is 14.7 Å². The van der Waals surface area contributed by atoms with E-state index in [1.807, 2.05) is 6.20 Å². The Morgan fingerprint density at radius 2 is 2.15 bits per heavy atom. The summed E-state index contributed by atoms with van der Waals surface area (Å²) in [5.41, 5.74) is 3.36. The summed E-state index contributed by atoms with van der Waals surface area (Å²) in [5.74, 6) is -1.40. The van der Waals surface area contributed by atoms with Crippen molar-refractivity contribution >= 4 is 5.91 Å². The first-order chi connectivity index (χ1) is 9.61. The highest BCUT2D eigenvalue weighted by Gasteiger charge is 2.56. The van der Waals surface area contributed by atoms with Crippen molar-refractivity contribution in [2.24, 2.45) is 13.0 Å². The van der Waals surface area contributed by atoms with Crippen LogP contribution in [0.25, 0.3) is 0 Å². The van der Waals surface area contributed by atoms with Gasteiger partial charge < -0.3 is 0 Å². The Bertz CT molecular complexity index is 655. The number of hydrogen-bond acceptors (Lipinski definition) is 3. The van der Waals surface area contributed by atoms with Gasteiger partial charge >= 0.3 is 0 Å². The first kappa shape index (κ1) is 12.8. The second-order valence-electron chi connectivity index (χ2n) is 5.06. The van der Waals surface area contributed by atoms with Gasteiger partial charge in [-0.1, -0.05) is 12.1 Å². The van der Waals surface area contributed by atoms with Gasteiger partial charge in [0.25, 0.3) is 0 Å². The van der Waals surface area contributed by atoms with Crippen molar-refractivity contribution in [2.75, 3.05) is 0 Å². The number of hydroxylamine groups is 1. The van der Waals surface area contributed by atoms with Crippen LogP contribution in [0.1, 0.15) is 23.0 Å². The van der Waals surface area contributed by atoms with E-state index >= 15 is 0 Å². The van der Waals surface area contributed by atoms with Crippen molar-refractivity contribution in [3.8, 4) is 0 Å². The molecule has 0 unspecified atom stereocenters. The zero-order valence-corrected chi connectivity index (χ0v) is 10.8. The number of hydrogen-bond donors (Lipinski definition) is 2. The minimum atomic E-state index is -0.451. The maximum absolute atomic E-state index is 13.3. The van der Waals surface area contributed by atoms with Crippen molar-refractivity contribution in [1.82, 2.24) is 15.3 Å². The van der Waals surface area contributed by atoms with E-state index in [-0.39, 0.29) is 17.7 Å². The Balaban J connectivity index is 1.94. The van der Waals surface area contributed by atoms with Gasteiger partial charge in [0, 0.05) is 25.1 Å². The lowest BCUT2D eigenvalue weighted by Crippen LogP contribution is -2.21. The SMILES string of the molecule is Cn1cc([C@H]2[C@H](C(=O)NO)[C@@H]2c2cccc(F)c2)cn1. The van der Waals surface area contributed by atoms with Gasteiger partial charge in [0.05, 0.1) is 12.1 Å². The van der Waals surface area contributed by atoms with Gasteiger partial charge in [0.15, 0.2) is 0 Å². The molecule has 0 radical (unpaired) electrons. The lowest BCUT2D eigenvalue weighted by molar-refractivity contribution is -0.130. The topological polar surface area (TPSA) is 67.2 Å². The normalized spacial score (nSPS) is 24.4. The Labute approximate surface area is 115 Å². The summed E-state index contributed by atoms with van der Waals surface area (Å²) in [5, 5.41) is 12.9. The lowest BCUT2D eigenvalue weighted by atomic mass is 10.1. The van der Waals surface area contributed by atoms with Crippen molar-refractivity contribution in [3.63, 3.8) is 0 Å². The first-order valence-electron chi connectivity index (χ1n) is 6.30. The van der Waals surface area contributed by atoms with Gasteiger partial charge in [0.2, 0.25) is 5.91 Å². The summed E-state index contributed by atoms with van der Waals surface area (Å²) in [6, 6.07) is 6.21. The predicted octanol–water partition coefficient (Wildman–Crippen LogP) is 1.56. The number of carbonyl (C=O) groups is 1. The highest BCUT2D eigenvalue weighted by molar-refractivity contribution is 5.84. The van der Waals surface area contributed by atoms with Crippen LogP contribution in [-0.2, 0) is 11.8 Å². The Morgan fingerprint density at radius 1 is 1.40 bits per heavy atom. The zero-order chi connectivity index (χ0) is 14.3. The zero-order valence-electron chi connectivity index (χ0n) is 10.8. The summed E-state index contributed by atoms with van der Waals surface area (Å²) < 4.78 is 15.0. The van der Waals surface area contributed by atoms with Gasteiger partial charge in [-0.2, -0.15) is 5.10 Å². The molecule has 1 aliphatic carbocycles. The summed E-state index contributed by atoms with van der Waals surface area (Å²) in [6.07, 6.45) is 3.53. The van der Waals surface area contributed by atoms with E-state index in [4.69, 9.17) is 5.21 Å². The second kappa shape index (κ2) is 4.72. The molecule has 0 bridgehead atoms.